The van der Waals surface area contributed by atoms with Crippen LogP contribution in [-0.4, -0.2) is 14.5 Å². The summed E-state index contributed by atoms with van der Waals surface area (Å²) >= 11 is 0. The zero-order valence-electron chi connectivity index (χ0n) is 23.1. The second-order valence-electron chi connectivity index (χ2n) is 10.6. The van der Waals surface area contributed by atoms with Gasteiger partial charge in [-0.15, -0.1) is 0 Å². The molecule has 0 saturated heterocycles. The lowest BCUT2D eigenvalue weighted by Gasteiger charge is -2.12. The number of para-hydroxylation sites is 1. The van der Waals surface area contributed by atoms with Gasteiger partial charge in [-0.1, -0.05) is 91.0 Å². The van der Waals surface area contributed by atoms with E-state index in [1.54, 1.807) is 18.3 Å². The fraction of sp³-hybridized carbons (Fsp3) is 0. The van der Waals surface area contributed by atoms with Gasteiger partial charge in [0.1, 0.15) is 0 Å². The van der Waals surface area contributed by atoms with Gasteiger partial charge in [0.05, 0.1) is 34.1 Å². The Morgan fingerprint density at radius 2 is 1.28 bits per heavy atom. The number of hydrogen-bond acceptors (Lipinski definition) is 3. The van der Waals surface area contributed by atoms with Gasteiger partial charge >= 0.3 is 0 Å². The standard InChI is InChI=1S/C39H24N4/c40-24-26-19-20-41-36(21-26)35-18-16-29(25-42-35)28-15-17-33-37(22-28)43(30-11-5-2-6-12-30)38-23-34(27-9-3-1-4-10-27)31-13-7-8-14-32(31)39(33)38/h1-23,25H. The average Bonchev–Trinajstić information content (AvgIpc) is 3.42. The lowest BCUT2D eigenvalue weighted by atomic mass is 9.94. The third kappa shape index (κ3) is 4.15. The first-order chi connectivity index (χ1) is 21.3. The Morgan fingerprint density at radius 3 is 2.05 bits per heavy atom. The summed E-state index contributed by atoms with van der Waals surface area (Å²) in [5.41, 5.74) is 9.94. The molecule has 0 aliphatic carbocycles. The van der Waals surface area contributed by atoms with Gasteiger partial charge in [0.25, 0.3) is 0 Å². The van der Waals surface area contributed by atoms with E-state index in [0.29, 0.717) is 11.3 Å². The maximum Gasteiger partial charge on any atom is 0.0992 e. The van der Waals surface area contributed by atoms with Crippen LogP contribution in [0.15, 0.2) is 146 Å². The van der Waals surface area contributed by atoms with Crippen molar-refractivity contribution >= 4 is 32.6 Å². The second kappa shape index (κ2) is 10.1. The summed E-state index contributed by atoms with van der Waals surface area (Å²) in [7, 11) is 0. The SMILES string of the molecule is N#Cc1ccnc(-c2ccc(-c3ccc4c5c6ccccc6c(-c6ccccc6)cc5n(-c5ccccc5)c4c3)cn2)c1. The van der Waals surface area contributed by atoms with Crippen molar-refractivity contribution in [1.29, 1.82) is 5.26 Å². The van der Waals surface area contributed by atoms with E-state index in [1.165, 1.54) is 38.2 Å². The smallest absolute Gasteiger partial charge is 0.0992 e. The van der Waals surface area contributed by atoms with E-state index < -0.39 is 0 Å². The number of pyridine rings is 2. The third-order valence-electron chi connectivity index (χ3n) is 8.12. The molecule has 8 aromatic rings. The summed E-state index contributed by atoms with van der Waals surface area (Å²) < 4.78 is 2.38. The Morgan fingerprint density at radius 1 is 0.535 bits per heavy atom. The molecule has 0 fully saturated rings. The molecule has 0 atom stereocenters. The summed E-state index contributed by atoms with van der Waals surface area (Å²) in [4.78, 5) is 9.12. The van der Waals surface area contributed by atoms with Crippen LogP contribution in [-0.2, 0) is 0 Å². The number of benzene rings is 5. The summed E-state index contributed by atoms with van der Waals surface area (Å²) in [5.74, 6) is 0. The molecule has 0 bridgehead atoms. The molecule has 8 rings (SSSR count). The van der Waals surface area contributed by atoms with E-state index in [0.717, 1.165) is 28.0 Å². The van der Waals surface area contributed by atoms with Crippen LogP contribution in [0.1, 0.15) is 5.56 Å². The number of rotatable bonds is 4. The van der Waals surface area contributed by atoms with Crippen molar-refractivity contribution in [2.75, 3.05) is 0 Å². The second-order valence-corrected chi connectivity index (χ2v) is 10.6. The monoisotopic (exact) mass is 548 g/mol. The molecule has 0 N–H and O–H groups in total. The first-order valence-corrected chi connectivity index (χ1v) is 14.2. The summed E-state index contributed by atoms with van der Waals surface area (Å²) in [6, 6.07) is 48.6. The van der Waals surface area contributed by atoms with Crippen LogP contribution in [0, 0.1) is 11.3 Å². The van der Waals surface area contributed by atoms with Crippen molar-refractivity contribution in [3.05, 3.63) is 151 Å². The molecule has 200 valence electrons. The van der Waals surface area contributed by atoms with E-state index >= 15 is 0 Å². The number of hydrogen-bond donors (Lipinski definition) is 0. The minimum Gasteiger partial charge on any atom is -0.309 e. The highest BCUT2D eigenvalue weighted by molar-refractivity contribution is 6.24. The van der Waals surface area contributed by atoms with E-state index in [-0.39, 0.29) is 0 Å². The number of aromatic nitrogens is 3. The first-order valence-electron chi connectivity index (χ1n) is 14.2. The molecule has 0 aliphatic heterocycles. The quantitative estimate of drug-likeness (QED) is 0.220. The van der Waals surface area contributed by atoms with Gasteiger partial charge in [-0.3, -0.25) is 9.97 Å². The largest absolute Gasteiger partial charge is 0.309 e. The molecular formula is C39H24N4. The molecule has 5 aromatic carbocycles. The fourth-order valence-electron chi connectivity index (χ4n) is 6.13. The molecule has 3 heterocycles. The van der Waals surface area contributed by atoms with Gasteiger partial charge in [-0.05, 0) is 69.9 Å². The molecule has 0 saturated carbocycles. The van der Waals surface area contributed by atoms with Crippen LogP contribution < -0.4 is 0 Å². The van der Waals surface area contributed by atoms with Gasteiger partial charge in [0.15, 0.2) is 0 Å². The lowest BCUT2D eigenvalue weighted by Crippen LogP contribution is -1.94. The summed E-state index contributed by atoms with van der Waals surface area (Å²) in [6.45, 7) is 0. The van der Waals surface area contributed by atoms with E-state index in [2.05, 4.69) is 131 Å². The number of nitriles is 1. The van der Waals surface area contributed by atoms with Crippen molar-refractivity contribution in [2.24, 2.45) is 0 Å². The molecule has 0 amide bonds. The highest BCUT2D eigenvalue weighted by Crippen LogP contribution is 2.42. The van der Waals surface area contributed by atoms with E-state index in [9.17, 15) is 5.26 Å². The van der Waals surface area contributed by atoms with E-state index in [1.807, 2.05) is 12.3 Å². The molecular weight excluding hydrogens is 524 g/mol. The van der Waals surface area contributed by atoms with Crippen LogP contribution in [0.4, 0.5) is 0 Å². The molecule has 0 radical (unpaired) electrons. The van der Waals surface area contributed by atoms with Crippen LogP contribution in [0.2, 0.25) is 0 Å². The van der Waals surface area contributed by atoms with Gasteiger partial charge in [-0.25, -0.2) is 0 Å². The highest BCUT2D eigenvalue weighted by atomic mass is 15.0. The van der Waals surface area contributed by atoms with Crippen molar-refractivity contribution < 1.29 is 0 Å². The van der Waals surface area contributed by atoms with Gasteiger partial charge in [-0.2, -0.15) is 5.26 Å². The van der Waals surface area contributed by atoms with Crippen molar-refractivity contribution in [3.63, 3.8) is 0 Å². The van der Waals surface area contributed by atoms with Gasteiger partial charge in [0.2, 0.25) is 0 Å². The van der Waals surface area contributed by atoms with Gasteiger partial charge in [0, 0.05) is 34.4 Å². The van der Waals surface area contributed by atoms with Crippen LogP contribution in [0.25, 0.3) is 71.9 Å². The normalized spacial score (nSPS) is 11.2. The van der Waals surface area contributed by atoms with Crippen LogP contribution in [0.5, 0.6) is 0 Å². The Labute approximate surface area is 248 Å². The summed E-state index contributed by atoms with van der Waals surface area (Å²) in [6.07, 6.45) is 3.53. The molecule has 3 aromatic heterocycles. The maximum atomic E-state index is 9.28. The Bertz CT molecular complexity index is 2330. The minimum absolute atomic E-state index is 0.568. The Balaban J connectivity index is 1.37. The molecule has 0 spiro atoms. The number of fused-ring (bicyclic) bond motifs is 5. The molecule has 4 nitrogen and oxygen atoms in total. The lowest BCUT2D eigenvalue weighted by molar-refractivity contribution is 1.18. The molecule has 4 heteroatoms. The average molecular weight is 549 g/mol. The molecule has 43 heavy (non-hydrogen) atoms. The third-order valence-corrected chi connectivity index (χ3v) is 8.12. The van der Waals surface area contributed by atoms with Crippen molar-refractivity contribution in [1.82, 2.24) is 14.5 Å². The minimum atomic E-state index is 0.568. The summed E-state index contributed by atoms with van der Waals surface area (Å²) in [5, 5.41) is 14.2. The molecule has 0 unspecified atom stereocenters. The first kappa shape index (κ1) is 24.7. The van der Waals surface area contributed by atoms with Crippen molar-refractivity contribution in [3.8, 4) is 45.4 Å². The topological polar surface area (TPSA) is 54.5 Å². The Kier molecular flexibility index (Phi) is 5.80. The zero-order chi connectivity index (χ0) is 28.8. The predicted molar refractivity (Wildman–Crippen MR) is 175 cm³/mol. The van der Waals surface area contributed by atoms with E-state index in [4.69, 9.17) is 4.98 Å². The van der Waals surface area contributed by atoms with Crippen LogP contribution in [0.3, 0.4) is 0 Å². The fourth-order valence-corrected chi connectivity index (χ4v) is 6.13. The molecule has 0 aliphatic rings. The number of nitrogens with zero attached hydrogens (tertiary/aromatic N) is 4. The Hall–Kier alpha value is -6.05. The van der Waals surface area contributed by atoms with Crippen molar-refractivity contribution in [2.45, 2.75) is 0 Å². The zero-order valence-corrected chi connectivity index (χ0v) is 23.1. The maximum absolute atomic E-state index is 9.28. The van der Waals surface area contributed by atoms with Gasteiger partial charge < -0.3 is 4.57 Å². The highest BCUT2D eigenvalue weighted by Gasteiger charge is 2.18. The predicted octanol–water partition coefficient (Wildman–Crippen LogP) is 9.60. The van der Waals surface area contributed by atoms with Crippen LogP contribution >= 0.6 is 0 Å².